The maximum absolute atomic E-state index is 12.2. The van der Waals surface area contributed by atoms with Crippen LogP contribution in [-0.4, -0.2) is 31.0 Å². The van der Waals surface area contributed by atoms with Crippen molar-refractivity contribution in [2.75, 3.05) is 13.0 Å². The number of fused-ring (bicyclic) bond motifs is 1. The molecule has 0 saturated carbocycles. The third kappa shape index (κ3) is 5.29. The van der Waals surface area contributed by atoms with Crippen LogP contribution < -0.4 is 14.8 Å². The van der Waals surface area contributed by atoms with Crippen molar-refractivity contribution in [1.29, 1.82) is 0 Å². The Balaban J connectivity index is 1.46. The summed E-state index contributed by atoms with van der Waals surface area (Å²) in [7, 11) is 0. The zero-order valence-electron chi connectivity index (χ0n) is 15.6. The Labute approximate surface area is 167 Å². The van der Waals surface area contributed by atoms with Gasteiger partial charge in [0, 0.05) is 17.5 Å². The number of ether oxygens (including phenoxy) is 3. The van der Waals surface area contributed by atoms with Crippen molar-refractivity contribution in [3.63, 3.8) is 0 Å². The van der Waals surface area contributed by atoms with E-state index in [-0.39, 0.29) is 12.7 Å². The summed E-state index contributed by atoms with van der Waals surface area (Å²) in [5, 5.41) is 2.74. The van der Waals surface area contributed by atoms with Gasteiger partial charge in [-0.05, 0) is 54.6 Å². The molecule has 1 amide bonds. The molecule has 1 atom stereocenters. The van der Waals surface area contributed by atoms with Crippen molar-refractivity contribution < 1.29 is 23.8 Å². The summed E-state index contributed by atoms with van der Waals surface area (Å²) in [4.78, 5) is 25.2. The number of carbonyl (C=O) groups excluding carboxylic acids is 2. The minimum atomic E-state index is -0.898. The molecule has 0 aliphatic carbocycles. The van der Waals surface area contributed by atoms with Gasteiger partial charge < -0.3 is 19.5 Å². The van der Waals surface area contributed by atoms with Gasteiger partial charge in [0.05, 0.1) is 0 Å². The molecular formula is C21H21NO5S. The van der Waals surface area contributed by atoms with Crippen molar-refractivity contribution in [1.82, 2.24) is 5.32 Å². The van der Waals surface area contributed by atoms with Crippen LogP contribution in [0.2, 0.25) is 0 Å². The molecule has 28 heavy (non-hydrogen) atoms. The van der Waals surface area contributed by atoms with E-state index in [1.165, 1.54) is 13.0 Å². The van der Waals surface area contributed by atoms with E-state index >= 15 is 0 Å². The average molecular weight is 399 g/mol. The number of amides is 1. The first-order chi connectivity index (χ1) is 13.5. The van der Waals surface area contributed by atoms with Crippen LogP contribution in [0.5, 0.6) is 11.5 Å². The lowest BCUT2D eigenvalue weighted by Gasteiger charge is -2.12. The number of rotatable bonds is 7. The number of carbonyl (C=O) groups is 2. The Morgan fingerprint density at radius 3 is 2.68 bits per heavy atom. The van der Waals surface area contributed by atoms with Crippen molar-refractivity contribution in [2.24, 2.45) is 0 Å². The molecule has 3 rings (SSSR count). The van der Waals surface area contributed by atoms with E-state index in [9.17, 15) is 9.59 Å². The summed E-state index contributed by atoms with van der Waals surface area (Å²) in [6.07, 6.45) is 4.07. The number of benzene rings is 2. The monoisotopic (exact) mass is 399 g/mol. The standard InChI is InChI=1S/C21H21NO5S/c1-14(27-20(23)10-6-15-3-7-17(28-2)8-4-15)21(24)22-12-16-5-9-18-19(11-16)26-13-25-18/h3-11,14H,12-13H2,1-2H3,(H,22,24). The molecule has 146 valence electrons. The number of nitrogens with one attached hydrogen (secondary N) is 1. The Morgan fingerprint density at radius 1 is 1.18 bits per heavy atom. The van der Waals surface area contributed by atoms with Crippen LogP contribution in [0.15, 0.2) is 53.4 Å². The van der Waals surface area contributed by atoms with E-state index in [0.29, 0.717) is 18.0 Å². The SMILES string of the molecule is CSc1ccc(C=CC(=O)OC(C)C(=O)NCc2ccc3c(c2)OCO3)cc1. The largest absolute Gasteiger partial charge is 0.454 e. The van der Waals surface area contributed by atoms with Crippen LogP contribution in [0.4, 0.5) is 0 Å². The second-order valence-electron chi connectivity index (χ2n) is 6.09. The van der Waals surface area contributed by atoms with Gasteiger partial charge in [-0.2, -0.15) is 0 Å². The van der Waals surface area contributed by atoms with E-state index < -0.39 is 12.1 Å². The molecule has 0 radical (unpaired) electrons. The predicted octanol–water partition coefficient (Wildman–Crippen LogP) is 3.40. The van der Waals surface area contributed by atoms with Gasteiger partial charge in [-0.15, -0.1) is 11.8 Å². The van der Waals surface area contributed by atoms with E-state index in [1.807, 2.05) is 42.7 Å². The topological polar surface area (TPSA) is 73.9 Å². The second-order valence-corrected chi connectivity index (χ2v) is 6.97. The highest BCUT2D eigenvalue weighted by Crippen LogP contribution is 2.32. The molecule has 7 heteroatoms. The predicted molar refractivity (Wildman–Crippen MR) is 107 cm³/mol. The zero-order chi connectivity index (χ0) is 19.9. The van der Waals surface area contributed by atoms with Gasteiger partial charge in [0.1, 0.15) is 0 Å². The molecule has 2 aromatic carbocycles. The number of hydrogen-bond donors (Lipinski definition) is 1. The third-order valence-corrected chi connectivity index (χ3v) is 4.84. The van der Waals surface area contributed by atoms with Crippen LogP contribution >= 0.6 is 11.8 Å². The van der Waals surface area contributed by atoms with Crippen LogP contribution in [0.1, 0.15) is 18.1 Å². The highest BCUT2D eigenvalue weighted by molar-refractivity contribution is 7.98. The molecule has 0 saturated heterocycles. The summed E-state index contributed by atoms with van der Waals surface area (Å²) in [5.74, 6) is 0.401. The second kappa shape index (κ2) is 9.32. The summed E-state index contributed by atoms with van der Waals surface area (Å²) in [5.41, 5.74) is 1.75. The lowest BCUT2D eigenvalue weighted by Crippen LogP contribution is -2.35. The molecular weight excluding hydrogens is 378 g/mol. The maximum atomic E-state index is 12.2. The first-order valence-electron chi connectivity index (χ1n) is 8.74. The molecule has 6 nitrogen and oxygen atoms in total. The fourth-order valence-electron chi connectivity index (χ4n) is 2.53. The lowest BCUT2D eigenvalue weighted by atomic mass is 10.2. The molecule has 2 aromatic rings. The van der Waals surface area contributed by atoms with Gasteiger partial charge in [0.25, 0.3) is 5.91 Å². The van der Waals surface area contributed by atoms with E-state index in [0.717, 1.165) is 16.0 Å². The number of thioether (sulfide) groups is 1. The number of esters is 1. The molecule has 1 aliphatic heterocycles. The normalized spacial score (nSPS) is 13.4. The Hall–Kier alpha value is -2.93. The van der Waals surface area contributed by atoms with Gasteiger partial charge in [0.2, 0.25) is 6.79 Å². The van der Waals surface area contributed by atoms with Crippen molar-refractivity contribution in [3.8, 4) is 11.5 Å². The summed E-state index contributed by atoms with van der Waals surface area (Å²) >= 11 is 1.65. The minimum Gasteiger partial charge on any atom is -0.454 e. The molecule has 1 unspecified atom stereocenters. The molecule has 1 aliphatic rings. The summed E-state index contributed by atoms with van der Waals surface area (Å²) in [6, 6.07) is 13.2. The summed E-state index contributed by atoms with van der Waals surface area (Å²) < 4.78 is 15.7. The van der Waals surface area contributed by atoms with Gasteiger partial charge >= 0.3 is 5.97 Å². The molecule has 0 fully saturated rings. The van der Waals surface area contributed by atoms with E-state index in [4.69, 9.17) is 14.2 Å². The van der Waals surface area contributed by atoms with Crippen LogP contribution in [0.3, 0.4) is 0 Å². The summed E-state index contributed by atoms with van der Waals surface area (Å²) in [6.45, 7) is 2.04. The first kappa shape index (κ1) is 19.8. The molecule has 0 bridgehead atoms. The van der Waals surface area contributed by atoms with E-state index in [1.54, 1.807) is 23.9 Å². The quantitative estimate of drug-likeness (QED) is 0.437. The van der Waals surface area contributed by atoms with Crippen molar-refractivity contribution in [2.45, 2.75) is 24.5 Å². The molecule has 0 aromatic heterocycles. The average Bonchev–Trinajstić information content (AvgIpc) is 3.18. The number of hydrogen-bond acceptors (Lipinski definition) is 6. The van der Waals surface area contributed by atoms with Gasteiger partial charge in [-0.1, -0.05) is 18.2 Å². The zero-order valence-corrected chi connectivity index (χ0v) is 16.5. The van der Waals surface area contributed by atoms with Gasteiger partial charge in [-0.3, -0.25) is 4.79 Å². The van der Waals surface area contributed by atoms with Gasteiger partial charge in [0.15, 0.2) is 17.6 Å². The van der Waals surface area contributed by atoms with Crippen LogP contribution in [0, 0.1) is 0 Å². The highest BCUT2D eigenvalue weighted by Gasteiger charge is 2.17. The van der Waals surface area contributed by atoms with Crippen molar-refractivity contribution >= 4 is 29.7 Å². The maximum Gasteiger partial charge on any atom is 0.331 e. The van der Waals surface area contributed by atoms with Gasteiger partial charge in [-0.25, -0.2) is 4.79 Å². The Morgan fingerprint density at radius 2 is 1.93 bits per heavy atom. The molecule has 0 spiro atoms. The lowest BCUT2D eigenvalue weighted by molar-refractivity contribution is -0.150. The smallest absolute Gasteiger partial charge is 0.331 e. The Bertz CT molecular complexity index is 879. The fraction of sp³-hybridized carbons (Fsp3) is 0.238. The van der Waals surface area contributed by atoms with Crippen LogP contribution in [-0.2, 0) is 20.9 Å². The van der Waals surface area contributed by atoms with Crippen LogP contribution in [0.25, 0.3) is 6.08 Å². The fourth-order valence-corrected chi connectivity index (χ4v) is 2.94. The first-order valence-corrected chi connectivity index (χ1v) is 9.96. The van der Waals surface area contributed by atoms with E-state index in [2.05, 4.69) is 5.32 Å². The molecule has 1 N–H and O–H groups in total. The molecule has 1 heterocycles. The van der Waals surface area contributed by atoms with Crippen molar-refractivity contribution in [3.05, 3.63) is 59.7 Å². The minimum absolute atomic E-state index is 0.202. The highest BCUT2D eigenvalue weighted by atomic mass is 32.2. The third-order valence-electron chi connectivity index (χ3n) is 4.09. The Kier molecular flexibility index (Phi) is 6.60.